The number of amides is 1. The van der Waals surface area contributed by atoms with E-state index < -0.39 is 4.92 Å². The minimum atomic E-state index is -0.449. The first-order valence-electron chi connectivity index (χ1n) is 9.16. The Morgan fingerprint density at radius 2 is 2.00 bits per heavy atom. The number of morpholine rings is 1. The number of nitro groups is 1. The molecule has 0 spiro atoms. The van der Waals surface area contributed by atoms with Gasteiger partial charge in [-0.3, -0.25) is 14.9 Å². The molecule has 0 bridgehead atoms. The van der Waals surface area contributed by atoms with Crippen LogP contribution in [-0.2, 0) is 9.53 Å². The van der Waals surface area contributed by atoms with Crippen LogP contribution in [0.15, 0.2) is 50.7 Å². The summed E-state index contributed by atoms with van der Waals surface area (Å²) >= 11 is 1.32. The molecule has 4 rings (SSSR count). The van der Waals surface area contributed by atoms with Gasteiger partial charge in [-0.2, -0.15) is 4.99 Å². The van der Waals surface area contributed by atoms with Crippen molar-refractivity contribution >= 4 is 34.6 Å². The predicted octanol–water partition coefficient (Wildman–Crippen LogP) is 3.93. The number of hydrogen-bond donors (Lipinski definition) is 0. The van der Waals surface area contributed by atoms with Crippen molar-refractivity contribution in [3.8, 4) is 11.3 Å². The molecular formula is C20H19N3O5S. The summed E-state index contributed by atoms with van der Waals surface area (Å²) in [5.74, 6) is 0.681. The quantitative estimate of drug-likeness (QED) is 0.427. The summed E-state index contributed by atoms with van der Waals surface area (Å²) in [6.45, 7) is 5.38. The van der Waals surface area contributed by atoms with Gasteiger partial charge in [-0.1, -0.05) is 12.1 Å². The zero-order valence-electron chi connectivity index (χ0n) is 15.9. The Morgan fingerprint density at radius 1 is 1.24 bits per heavy atom. The number of ether oxygens (including phenoxy) is 1. The van der Waals surface area contributed by atoms with Gasteiger partial charge in [0.1, 0.15) is 11.5 Å². The van der Waals surface area contributed by atoms with Gasteiger partial charge in [-0.25, -0.2) is 0 Å². The average Bonchev–Trinajstić information content (AvgIpc) is 3.29. The van der Waals surface area contributed by atoms with Crippen LogP contribution in [0.5, 0.6) is 0 Å². The van der Waals surface area contributed by atoms with Gasteiger partial charge in [0.25, 0.3) is 11.6 Å². The van der Waals surface area contributed by atoms with Crippen LogP contribution in [0.1, 0.15) is 19.6 Å². The van der Waals surface area contributed by atoms with E-state index in [-0.39, 0.29) is 23.8 Å². The minimum absolute atomic E-state index is 0.00709. The van der Waals surface area contributed by atoms with Crippen LogP contribution in [0.4, 0.5) is 5.69 Å². The molecule has 0 N–H and O–H groups in total. The van der Waals surface area contributed by atoms with Gasteiger partial charge < -0.3 is 14.1 Å². The Balaban J connectivity index is 1.51. The fraction of sp³-hybridized carbons (Fsp3) is 0.300. The first kappa shape index (κ1) is 19.4. The molecule has 0 radical (unpaired) electrons. The van der Waals surface area contributed by atoms with Gasteiger partial charge in [-0.05, 0) is 37.7 Å². The molecule has 1 amide bonds. The van der Waals surface area contributed by atoms with Gasteiger partial charge >= 0.3 is 0 Å². The third-order valence-corrected chi connectivity index (χ3v) is 5.59. The highest BCUT2D eigenvalue weighted by atomic mass is 32.2. The third kappa shape index (κ3) is 4.25. The Hall–Kier alpha value is -2.91. The molecular weight excluding hydrogens is 394 g/mol. The fourth-order valence-electron chi connectivity index (χ4n) is 3.35. The lowest BCUT2D eigenvalue weighted by Gasteiger charge is -2.35. The SMILES string of the molecule is C[C@@H]1CN(C2=NC(=O)/C(=C\c3ccc(-c4cccc([N+](=O)[O-])c4)o3)S2)C[C@H](C)O1. The number of carbonyl (C=O) groups is 1. The summed E-state index contributed by atoms with van der Waals surface area (Å²) in [5.41, 5.74) is 0.592. The van der Waals surface area contributed by atoms with E-state index in [1.807, 2.05) is 13.8 Å². The maximum Gasteiger partial charge on any atom is 0.286 e. The maximum absolute atomic E-state index is 12.3. The number of nitro benzene ring substituents is 1. The lowest BCUT2D eigenvalue weighted by Crippen LogP contribution is -2.47. The topological polar surface area (TPSA) is 98.2 Å². The van der Waals surface area contributed by atoms with Crippen LogP contribution in [0.25, 0.3) is 17.4 Å². The van der Waals surface area contributed by atoms with Crippen molar-refractivity contribution in [2.75, 3.05) is 13.1 Å². The Morgan fingerprint density at radius 3 is 2.72 bits per heavy atom. The molecule has 1 fully saturated rings. The molecule has 0 saturated carbocycles. The van der Waals surface area contributed by atoms with Crippen molar-refractivity contribution < 1.29 is 18.9 Å². The van der Waals surface area contributed by atoms with Gasteiger partial charge in [0, 0.05) is 36.9 Å². The highest BCUT2D eigenvalue weighted by molar-refractivity contribution is 8.18. The monoisotopic (exact) mass is 413 g/mol. The molecule has 1 aromatic heterocycles. The van der Waals surface area contributed by atoms with E-state index in [4.69, 9.17) is 9.15 Å². The molecule has 2 aliphatic heterocycles. The van der Waals surface area contributed by atoms with Gasteiger partial charge in [0.15, 0.2) is 5.17 Å². The van der Waals surface area contributed by atoms with Crippen LogP contribution >= 0.6 is 11.8 Å². The van der Waals surface area contributed by atoms with Gasteiger partial charge in [-0.15, -0.1) is 0 Å². The Bertz CT molecular complexity index is 1020. The number of amidine groups is 1. The second-order valence-corrected chi connectivity index (χ2v) is 7.99. The van der Waals surface area contributed by atoms with Crippen LogP contribution in [0.2, 0.25) is 0 Å². The minimum Gasteiger partial charge on any atom is -0.457 e. The lowest BCUT2D eigenvalue weighted by molar-refractivity contribution is -0.384. The van der Waals surface area contributed by atoms with Gasteiger partial charge in [0.2, 0.25) is 0 Å². The van der Waals surface area contributed by atoms with E-state index in [1.165, 1.54) is 23.9 Å². The number of rotatable bonds is 3. The Kier molecular flexibility index (Phi) is 5.25. The first-order valence-corrected chi connectivity index (χ1v) is 9.98. The van der Waals surface area contributed by atoms with E-state index in [0.717, 1.165) is 0 Å². The molecule has 0 unspecified atom stereocenters. The summed E-state index contributed by atoms with van der Waals surface area (Å²) in [7, 11) is 0. The number of non-ortho nitro benzene ring substituents is 1. The third-order valence-electron chi connectivity index (χ3n) is 4.54. The summed E-state index contributed by atoms with van der Waals surface area (Å²) in [5, 5.41) is 11.6. The first-order chi connectivity index (χ1) is 13.9. The largest absolute Gasteiger partial charge is 0.457 e. The normalized spacial score (nSPS) is 23.5. The number of furan rings is 1. The van der Waals surface area contributed by atoms with Crippen molar-refractivity contribution in [3.05, 3.63) is 57.2 Å². The second-order valence-electron chi connectivity index (χ2n) is 6.98. The van der Waals surface area contributed by atoms with Crippen molar-refractivity contribution in [1.29, 1.82) is 0 Å². The molecule has 2 aromatic rings. The smallest absolute Gasteiger partial charge is 0.286 e. The summed E-state index contributed by atoms with van der Waals surface area (Å²) in [6, 6.07) is 9.67. The van der Waals surface area contributed by atoms with Crippen LogP contribution in [0, 0.1) is 10.1 Å². The van der Waals surface area contributed by atoms with Crippen molar-refractivity contribution in [3.63, 3.8) is 0 Å². The molecule has 8 nitrogen and oxygen atoms in total. The van der Waals surface area contributed by atoms with E-state index in [0.29, 0.717) is 40.2 Å². The summed E-state index contributed by atoms with van der Waals surface area (Å²) in [4.78, 5) is 29.6. The van der Waals surface area contributed by atoms with Gasteiger partial charge in [0.05, 0.1) is 22.0 Å². The van der Waals surface area contributed by atoms with Crippen LogP contribution in [0.3, 0.4) is 0 Å². The molecule has 29 heavy (non-hydrogen) atoms. The number of carbonyl (C=O) groups excluding carboxylic acids is 1. The van der Waals surface area contributed by atoms with Crippen molar-refractivity contribution in [2.24, 2.45) is 4.99 Å². The van der Waals surface area contributed by atoms with E-state index in [2.05, 4.69) is 9.89 Å². The van der Waals surface area contributed by atoms with Crippen molar-refractivity contribution in [1.82, 2.24) is 4.90 Å². The van der Waals surface area contributed by atoms with E-state index >= 15 is 0 Å². The number of benzene rings is 1. The highest BCUT2D eigenvalue weighted by Gasteiger charge is 2.31. The molecule has 1 aromatic carbocycles. The number of nitrogens with zero attached hydrogens (tertiary/aromatic N) is 3. The van der Waals surface area contributed by atoms with Crippen LogP contribution < -0.4 is 0 Å². The number of hydrogen-bond acceptors (Lipinski definition) is 7. The molecule has 2 atom stereocenters. The summed E-state index contributed by atoms with van der Waals surface area (Å²) in [6.07, 6.45) is 1.80. The van der Waals surface area contributed by atoms with Crippen LogP contribution in [-0.4, -0.2) is 46.2 Å². The summed E-state index contributed by atoms with van der Waals surface area (Å²) < 4.78 is 11.5. The van der Waals surface area contributed by atoms with Crippen molar-refractivity contribution in [2.45, 2.75) is 26.1 Å². The molecule has 1 saturated heterocycles. The number of aliphatic imine (C=N–C) groups is 1. The highest BCUT2D eigenvalue weighted by Crippen LogP contribution is 2.33. The zero-order valence-corrected chi connectivity index (χ0v) is 16.7. The predicted molar refractivity (Wildman–Crippen MR) is 110 cm³/mol. The molecule has 150 valence electrons. The number of thioether (sulfide) groups is 1. The lowest BCUT2D eigenvalue weighted by atomic mass is 10.1. The molecule has 9 heteroatoms. The molecule has 2 aliphatic rings. The molecule has 3 heterocycles. The molecule has 0 aliphatic carbocycles. The second kappa shape index (κ2) is 7.84. The zero-order chi connectivity index (χ0) is 20.5. The fourth-order valence-corrected chi connectivity index (χ4v) is 4.27. The average molecular weight is 413 g/mol. The maximum atomic E-state index is 12.3. The Labute approximate surface area is 171 Å². The van der Waals surface area contributed by atoms with E-state index in [1.54, 1.807) is 30.3 Å². The van der Waals surface area contributed by atoms with E-state index in [9.17, 15) is 14.9 Å². The standard InChI is InChI=1S/C20H19N3O5S/c1-12-10-22(11-13(2)27-12)20-21-19(24)18(29-20)9-16-6-7-17(28-16)14-4-3-5-15(8-14)23(25)26/h3-9,12-13H,10-11H2,1-2H3/b18-9+/t12-,13+.